The molecule has 4 rings (SSSR count). The first-order valence-corrected chi connectivity index (χ1v) is 10.0. The third-order valence-corrected chi connectivity index (χ3v) is 5.30. The highest BCUT2D eigenvalue weighted by molar-refractivity contribution is 5.64. The number of benzene rings is 2. The molecule has 0 saturated carbocycles. The van der Waals surface area contributed by atoms with Crippen molar-refractivity contribution in [2.24, 2.45) is 5.92 Å². The Labute approximate surface area is 174 Å². The summed E-state index contributed by atoms with van der Waals surface area (Å²) in [6, 6.07) is 9.50. The number of aromatic nitrogens is 3. The molecular formula is C22H25F2N5O. The fraction of sp³-hybridized carbons (Fsp3) is 0.364. The van der Waals surface area contributed by atoms with Crippen molar-refractivity contribution in [3.05, 3.63) is 59.9 Å². The van der Waals surface area contributed by atoms with E-state index in [4.69, 9.17) is 4.74 Å². The van der Waals surface area contributed by atoms with E-state index in [9.17, 15) is 8.78 Å². The SMILES string of the molecule is COCC1CCN(c2cc(C)cc(Nc3ncn(-c4cc(F)cc(F)c4)n3)c2)CC1. The van der Waals surface area contributed by atoms with Gasteiger partial charge in [0.25, 0.3) is 0 Å². The second-order valence-corrected chi connectivity index (χ2v) is 7.71. The van der Waals surface area contributed by atoms with E-state index in [0.29, 0.717) is 11.9 Å². The molecule has 0 amide bonds. The van der Waals surface area contributed by atoms with E-state index in [1.807, 2.05) is 13.0 Å². The van der Waals surface area contributed by atoms with Gasteiger partial charge >= 0.3 is 0 Å². The lowest BCUT2D eigenvalue weighted by atomic mass is 9.97. The number of methoxy groups -OCH3 is 1. The van der Waals surface area contributed by atoms with E-state index >= 15 is 0 Å². The fourth-order valence-electron chi connectivity index (χ4n) is 3.86. The zero-order chi connectivity index (χ0) is 21.1. The fourth-order valence-corrected chi connectivity index (χ4v) is 3.86. The minimum Gasteiger partial charge on any atom is -0.384 e. The molecule has 1 aliphatic rings. The molecule has 1 aromatic heterocycles. The topological polar surface area (TPSA) is 55.2 Å². The molecule has 0 bridgehead atoms. The highest BCUT2D eigenvalue weighted by Gasteiger charge is 2.20. The monoisotopic (exact) mass is 413 g/mol. The van der Waals surface area contributed by atoms with E-state index in [2.05, 4.69) is 32.4 Å². The van der Waals surface area contributed by atoms with Gasteiger partial charge in [-0.3, -0.25) is 0 Å². The van der Waals surface area contributed by atoms with Crippen LogP contribution in [0, 0.1) is 24.5 Å². The number of hydrogen-bond donors (Lipinski definition) is 1. The first-order valence-electron chi connectivity index (χ1n) is 10.0. The van der Waals surface area contributed by atoms with Crippen molar-refractivity contribution in [2.45, 2.75) is 19.8 Å². The lowest BCUT2D eigenvalue weighted by Crippen LogP contribution is -2.35. The Morgan fingerprint density at radius 3 is 2.47 bits per heavy atom. The van der Waals surface area contributed by atoms with Crippen LogP contribution in [0.3, 0.4) is 0 Å². The summed E-state index contributed by atoms with van der Waals surface area (Å²) in [5.74, 6) is -0.343. The Kier molecular flexibility index (Phi) is 5.94. The van der Waals surface area contributed by atoms with Crippen molar-refractivity contribution in [1.82, 2.24) is 14.8 Å². The number of rotatable bonds is 6. The van der Waals surface area contributed by atoms with Crippen LogP contribution in [-0.2, 0) is 4.74 Å². The summed E-state index contributed by atoms with van der Waals surface area (Å²) < 4.78 is 33.6. The minimum atomic E-state index is -0.660. The summed E-state index contributed by atoms with van der Waals surface area (Å²) in [6.07, 6.45) is 3.65. The van der Waals surface area contributed by atoms with Crippen LogP contribution in [0.2, 0.25) is 0 Å². The molecule has 3 aromatic rings. The van der Waals surface area contributed by atoms with Gasteiger partial charge < -0.3 is 15.0 Å². The Bertz CT molecular complexity index is 994. The number of nitrogens with zero attached hydrogens (tertiary/aromatic N) is 4. The van der Waals surface area contributed by atoms with Crippen LogP contribution >= 0.6 is 0 Å². The predicted octanol–water partition coefficient (Wildman–Crippen LogP) is 4.46. The molecule has 1 saturated heterocycles. The Hall–Kier alpha value is -3.00. The minimum absolute atomic E-state index is 0.275. The van der Waals surface area contributed by atoms with E-state index in [1.54, 1.807) is 7.11 Å². The van der Waals surface area contributed by atoms with Gasteiger partial charge in [-0.2, -0.15) is 4.98 Å². The first-order chi connectivity index (χ1) is 14.5. The maximum absolute atomic E-state index is 13.5. The van der Waals surface area contributed by atoms with E-state index in [1.165, 1.54) is 23.1 Å². The summed E-state index contributed by atoms with van der Waals surface area (Å²) in [4.78, 5) is 6.60. The number of anilines is 3. The zero-order valence-electron chi connectivity index (χ0n) is 17.1. The molecule has 1 aliphatic heterocycles. The normalized spacial score (nSPS) is 14.9. The average molecular weight is 413 g/mol. The van der Waals surface area contributed by atoms with Crippen LogP contribution in [0.15, 0.2) is 42.7 Å². The Morgan fingerprint density at radius 2 is 1.77 bits per heavy atom. The largest absolute Gasteiger partial charge is 0.384 e. The molecule has 2 aromatic carbocycles. The number of nitrogens with one attached hydrogen (secondary N) is 1. The number of halogens is 2. The zero-order valence-corrected chi connectivity index (χ0v) is 17.1. The van der Waals surface area contributed by atoms with E-state index < -0.39 is 11.6 Å². The van der Waals surface area contributed by atoms with Gasteiger partial charge in [-0.05, 0) is 61.6 Å². The van der Waals surface area contributed by atoms with Gasteiger partial charge in [-0.15, -0.1) is 5.10 Å². The Balaban J connectivity index is 1.48. The van der Waals surface area contributed by atoms with Gasteiger partial charge in [-0.1, -0.05) is 0 Å². The van der Waals surface area contributed by atoms with Crippen LogP contribution in [0.1, 0.15) is 18.4 Å². The van der Waals surface area contributed by atoms with Gasteiger partial charge in [0.15, 0.2) is 0 Å². The summed E-state index contributed by atoms with van der Waals surface area (Å²) in [5, 5.41) is 7.49. The van der Waals surface area contributed by atoms with Crippen molar-refractivity contribution < 1.29 is 13.5 Å². The molecule has 1 N–H and O–H groups in total. The molecule has 158 valence electrons. The molecule has 0 aliphatic carbocycles. The molecule has 0 radical (unpaired) electrons. The average Bonchev–Trinajstić information content (AvgIpc) is 3.16. The third-order valence-electron chi connectivity index (χ3n) is 5.30. The molecule has 30 heavy (non-hydrogen) atoms. The van der Waals surface area contributed by atoms with Gasteiger partial charge in [0.1, 0.15) is 18.0 Å². The molecule has 0 unspecified atom stereocenters. The van der Waals surface area contributed by atoms with Crippen molar-refractivity contribution in [1.29, 1.82) is 0 Å². The van der Waals surface area contributed by atoms with Crippen LogP contribution in [0.5, 0.6) is 0 Å². The van der Waals surface area contributed by atoms with Gasteiger partial charge in [0, 0.05) is 44.2 Å². The summed E-state index contributed by atoms with van der Waals surface area (Å²) in [7, 11) is 1.75. The van der Waals surface area contributed by atoms with Gasteiger partial charge in [-0.25, -0.2) is 13.5 Å². The molecule has 1 fully saturated rings. The second-order valence-electron chi connectivity index (χ2n) is 7.71. The van der Waals surface area contributed by atoms with Crippen molar-refractivity contribution >= 4 is 17.3 Å². The maximum Gasteiger partial charge on any atom is 0.246 e. The van der Waals surface area contributed by atoms with Crippen molar-refractivity contribution in [3.63, 3.8) is 0 Å². The van der Waals surface area contributed by atoms with Crippen molar-refractivity contribution in [2.75, 3.05) is 37.0 Å². The molecule has 0 atom stereocenters. The van der Waals surface area contributed by atoms with Crippen molar-refractivity contribution in [3.8, 4) is 5.69 Å². The number of ether oxygens (including phenoxy) is 1. The molecule has 2 heterocycles. The number of hydrogen-bond acceptors (Lipinski definition) is 5. The van der Waals surface area contributed by atoms with Gasteiger partial charge in [0.2, 0.25) is 5.95 Å². The number of aryl methyl sites for hydroxylation is 1. The lowest BCUT2D eigenvalue weighted by molar-refractivity contribution is 0.139. The number of piperidine rings is 1. The highest BCUT2D eigenvalue weighted by atomic mass is 19.1. The van der Waals surface area contributed by atoms with Crippen LogP contribution in [0.4, 0.5) is 26.1 Å². The van der Waals surface area contributed by atoms with Crippen LogP contribution in [-0.4, -0.2) is 41.6 Å². The highest BCUT2D eigenvalue weighted by Crippen LogP contribution is 2.28. The molecule has 8 heteroatoms. The van der Waals surface area contributed by atoms with E-state index in [-0.39, 0.29) is 5.69 Å². The molecule has 6 nitrogen and oxygen atoms in total. The Morgan fingerprint density at radius 1 is 1.03 bits per heavy atom. The second kappa shape index (κ2) is 8.79. The first kappa shape index (κ1) is 20.3. The maximum atomic E-state index is 13.5. The molecule has 0 spiro atoms. The summed E-state index contributed by atoms with van der Waals surface area (Å²) in [5.41, 5.74) is 3.42. The van der Waals surface area contributed by atoms with Gasteiger partial charge in [0.05, 0.1) is 5.69 Å². The quantitative estimate of drug-likeness (QED) is 0.647. The van der Waals surface area contributed by atoms with Crippen LogP contribution in [0.25, 0.3) is 5.69 Å². The lowest BCUT2D eigenvalue weighted by Gasteiger charge is -2.33. The third kappa shape index (κ3) is 4.76. The smallest absolute Gasteiger partial charge is 0.246 e. The van der Waals surface area contributed by atoms with E-state index in [0.717, 1.165) is 55.5 Å². The predicted molar refractivity (Wildman–Crippen MR) is 113 cm³/mol. The standard InChI is InChI=1S/C22H25F2N5O/c1-15-7-19(12-20(8-15)28-5-3-16(4-6-28)13-30-2)26-22-25-14-29(27-22)21-10-17(23)9-18(24)11-21/h7-12,14,16H,3-6,13H2,1-2H3,(H,26,27). The van der Waals surface area contributed by atoms with Crippen LogP contribution < -0.4 is 10.2 Å². The molecular weight excluding hydrogens is 388 g/mol. The summed E-state index contributed by atoms with van der Waals surface area (Å²) in [6.45, 7) is 4.86. The summed E-state index contributed by atoms with van der Waals surface area (Å²) >= 11 is 0.